The second-order valence-electron chi connectivity index (χ2n) is 6.72. The van der Waals surface area contributed by atoms with Crippen molar-refractivity contribution in [2.45, 2.75) is 83.3 Å². The molecular formula is C16H27N3O. The normalized spacial score (nSPS) is 24.5. The molecule has 2 unspecified atom stereocenters. The lowest BCUT2D eigenvalue weighted by Crippen LogP contribution is -2.55. The van der Waals surface area contributed by atoms with Crippen LogP contribution in [0.1, 0.15) is 65.2 Å². The molecule has 2 aliphatic rings. The molecule has 0 aliphatic heterocycles. The third-order valence-corrected chi connectivity index (χ3v) is 5.08. The van der Waals surface area contributed by atoms with Crippen LogP contribution in [0.2, 0.25) is 0 Å². The summed E-state index contributed by atoms with van der Waals surface area (Å²) in [5.74, 6) is 0.00491. The number of hydrogen-bond donors (Lipinski definition) is 1. The van der Waals surface area contributed by atoms with Crippen molar-refractivity contribution in [1.29, 1.82) is 5.26 Å². The smallest absolute Gasteiger partial charge is 0.241 e. The number of carbonyl (C=O) groups is 1. The van der Waals surface area contributed by atoms with Crippen LogP contribution in [-0.2, 0) is 4.79 Å². The van der Waals surface area contributed by atoms with Crippen molar-refractivity contribution in [3.05, 3.63) is 0 Å². The molecule has 0 radical (unpaired) electrons. The molecule has 2 aliphatic carbocycles. The lowest BCUT2D eigenvalue weighted by Gasteiger charge is -2.41. The average Bonchev–Trinajstić information content (AvgIpc) is 3.28. The highest BCUT2D eigenvalue weighted by Gasteiger charge is 2.44. The minimum atomic E-state index is -0.453. The first-order valence-corrected chi connectivity index (χ1v) is 8.01. The van der Waals surface area contributed by atoms with E-state index in [1.54, 1.807) is 4.90 Å². The molecule has 2 rings (SSSR count). The van der Waals surface area contributed by atoms with Crippen molar-refractivity contribution in [2.24, 2.45) is 11.1 Å². The molecule has 4 heteroatoms. The van der Waals surface area contributed by atoms with Crippen molar-refractivity contribution in [1.82, 2.24) is 4.90 Å². The third-order valence-electron chi connectivity index (χ3n) is 5.08. The van der Waals surface area contributed by atoms with Crippen molar-refractivity contribution in [3.8, 4) is 6.07 Å². The van der Waals surface area contributed by atoms with Gasteiger partial charge in [-0.1, -0.05) is 33.1 Å². The summed E-state index contributed by atoms with van der Waals surface area (Å²) >= 11 is 0. The highest BCUT2D eigenvalue weighted by molar-refractivity contribution is 5.83. The molecule has 0 aromatic carbocycles. The Labute approximate surface area is 122 Å². The molecule has 0 aromatic rings. The monoisotopic (exact) mass is 277 g/mol. The molecule has 2 atom stereocenters. The van der Waals surface area contributed by atoms with Crippen LogP contribution in [-0.4, -0.2) is 28.9 Å². The number of carbonyl (C=O) groups excluding carboxylic acids is 1. The van der Waals surface area contributed by atoms with Crippen LogP contribution in [0.4, 0.5) is 0 Å². The van der Waals surface area contributed by atoms with E-state index in [2.05, 4.69) is 13.0 Å². The van der Waals surface area contributed by atoms with Crippen LogP contribution in [0.25, 0.3) is 0 Å². The zero-order valence-electron chi connectivity index (χ0n) is 12.8. The summed E-state index contributed by atoms with van der Waals surface area (Å²) in [5.41, 5.74) is 6.25. The van der Waals surface area contributed by atoms with Crippen LogP contribution >= 0.6 is 0 Å². The van der Waals surface area contributed by atoms with E-state index in [1.165, 1.54) is 6.42 Å². The van der Waals surface area contributed by atoms with Gasteiger partial charge in [-0.2, -0.15) is 5.26 Å². The summed E-state index contributed by atoms with van der Waals surface area (Å²) in [6.07, 6.45) is 8.36. The quantitative estimate of drug-likeness (QED) is 0.839. The summed E-state index contributed by atoms with van der Waals surface area (Å²) in [6.45, 7) is 4.11. The van der Waals surface area contributed by atoms with Gasteiger partial charge < -0.3 is 10.6 Å². The van der Waals surface area contributed by atoms with Crippen molar-refractivity contribution in [3.63, 3.8) is 0 Å². The van der Waals surface area contributed by atoms with Crippen molar-refractivity contribution in [2.75, 3.05) is 0 Å². The van der Waals surface area contributed by atoms with Crippen LogP contribution in [0, 0.1) is 16.7 Å². The Hall–Kier alpha value is -1.08. The summed E-state index contributed by atoms with van der Waals surface area (Å²) in [7, 11) is 0. The molecule has 1 amide bonds. The van der Waals surface area contributed by atoms with Crippen LogP contribution in [0.5, 0.6) is 0 Å². The Kier molecular flexibility index (Phi) is 4.70. The van der Waals surface area contributed by atoms with Crippen LogP contribution < -0.4 is 5.73 Å². The van der Waals surface area contributed by atoms with Crippen LogP contribution in [0.15, 0.2) is 0 Å². The van der Waals surface area contributed by atoms with Crippen molar-refractivity contribution < 1.29 is 4.79 Å². The van der Waals surface area contributed by atoms with Gasteiger partial charge in [-0.25, -0.2) is 0 Å². The van der Waals surface area contributed by atoms with E-state index in [0.29, 0.717) is 6.42 Å². The van der Waals surface area contributed by atoms with E-state index in [1.807, 2.05) is 6.92 Å². The van der Waals surface area contributed by atoms with Gasteiger partial charge in [-0.05, 0) is 37.5 Å². The first-order valence-electron chi connectivity index (χ1n) is 8.01. The summed E-state index contributed by atoms with van der Waals surface area (Å²) in [6, 6.07) is 1.76. The van der Waals surface area contributed by atoms with Gasteiger partial charge in [0.05, 0.1) is 12.1 Å². The maximum atomic E-state index is 12.8. The van der Waals surface area contributed by atoms with Gasteiger partial charge in [-0.3, -0.25) is 4.79 Å². The molecule has 0 spiro atoms. The Morgan fingerprint density at radius 2 is 2.00 bits per heavy atom. The fourth-order valence-corrected chi connectivity index (χ4v) is 3.42. The highest BCUT2D eigenvalue weighted by atomic mass is 16.2. The lowest BCUT2D eigenvalue weighted by molar-refractivity contribution is -0.138. The van der Waals surface area contributed by atoms with Gasteiger partial charge in [0.1, 0.15) is 6.04 Å². The number of amides is 1. The fraction of sp³-hybridized carbons (Fsp3) is 0.875. The Balaban J connectivity index is 2.12. The van der Waals surface area contributed by atoms with E-state index >= 15 is 0 Å². The zero-order chi connectivity index (χ0) is 14.8. The fourth-order valence-electron chi connectivity index (χ4n) is 3.42. The van der Waals surface area contributed by atoms with E-state index in [9.17, 15) is 10.1 Å². The molecule has 0 bridgehead atoms. The third kappa shape index (κ3) is 2.98. The molecule has 2 N–H and O–H groups in total. The Morgan fingerprint density at radius 3 is 2.45 bits per heavy atom. The lowest BCUT2D eigenvalue weighted by atomic mass is 9.70. The average molecular weight is 277 g/mol. The number of hydrogen-bond acceptors (Lipinski definition) is 3. The molecule has 2 fully saturated rings. The van der Waals surface area contributed by atoms with Gasteiger partial charge in [0.2, 0.25) is 5.91 Å². The summed E-state index contributed by atoms with van der Waals surface area (Å²) in [5, 5.41) is 9.29. The topological polar surface area (TPSA) is 70.1 Å². The van der Waals surface area contributed by atoms with Gasteiger partial charge in [-0.15, -0.1) is 0 Å². The Morgan fingerprint density at radius 1 is 1.40 bits per heavy atom. The molecule has 2 saturated carbocycles. The zero-order valence-corrected chi connectivity index (χ0v) is 12.8. The second-order valence-corrected chi connectivity index (χ2v) is 6.72. The predicted molar refractivity (Wildman–Crippen MR) is 78.7 cm³/mol. The minimum Gasteiger partial charge on any atom is -0.322 e. The van der Waals surface area contributed by atoms with Gasteiger partial charge in [0.15, 0.2) is 0 Å². The molecule has 0 heterocycles. The highest BCUT2D eigenvalue weighted by Crippen LogP contribution is 2.40. The van der Waals surface area contributed by atoms with E-state index < -0.39 is 6.04 Å². The largest absolute Gasteiger partial charge is 0.322 e. The second kappa shape index (κ2) is 6.13. The molecule has 0 aromatic heterocycles. The van der Waals surface area contributed by atoms with Crippen molar-refractivity contribution >= 4 is 5.91 Å². The van der Waals surface area contributed by atoms with Gasteiger partial charge in [0.25, 0.3) is 0 Å². The molecule has 0 saturated heterocycles. The minimum absolute atomic E-state index is 0.00491. The molecular weight excluding hydrogens is 250 g/mol. The summed E-state index contributed by atoms with van der Waals surface area (Å²) in [4.78, 5) is 14.6. The molecule has 4 nitrogen and oxygen atoms in total. The van der Waals surface area contributed by atoms with Crippen LogP contribution in [0.3, 0.4) is 0 Å². The number of nitriles is 1. The predicted octanol–water partition coefficient (Wildman–Crippen LogP) is 2.58. The first kappa shape index (κ1) is 15.3. The number of nitrogens with zero attached hydrogens (tertiary/aromatic N) is 2. The standard InChI is InChI=1S/C16H27N3O/c1-3-12(11-17)19(13-7-8-13)15(20)14(18)16(2)9-5-4-6-10-16/h12-14H,3-10,18H2,1-2H3. The Bertz CT molecular complexity index is 391. The van der Waals surface area contributed by atoms with E-state index in [4.69, 9.17) is 5.73 Å². The molecule has 112 valence electrons. The first-order chi connectivity index (χ1) is 9.53. The molecule has 20 heavy (non-hydrogen) atoms. The number of rotatable bonds is 5. The maximum absolute atomic E-state index is 12.8. The van der Waals surface area contributed by atoms with E-state index in [-0.39, 0.29) is 23.4 Å². The number of nitrogens with two attached hydrogens (primary N) is 1. The van der Waals surface area contributed by atoms with E-state index in [0.717, 1.165) is 38.5 Å². The maximum Gasteiger partial charge on any atom is 0.241 e. The summed E-state index contributed by atoms with van der Waals surface area (Å²) < 4.78 is 0. The van der Waals surface area contributed by atoms with Gasteiger partial charge in [0, 0.05) is 6.04 Å². The SMILES string of the molecule is CCC(C#N)N(C(=O)C(N)C1(C)CCCCC1)C1CC1. The van der Waals surface area contributed by atoms with Gasteiger partial charge >= 0.3 is 0 Å².